The highest BCUT2D eigenvalue weighted by Crippen LogP contribution is 2.41. The van der Waals surface area contributed by atoms with Gasteiger partial charge in [0.25, 0.3) is 5.91 Å². The zero-order valence-electron chi connectivity index (χ0n) is 14.5. The lowest BCUT2D eigenvalue weighted by Crippen LogP contribution is -2.24. The minimum atomic E-state index is -0.389. The fraction of sp³-hybridized carbons (Fsp3) is 0.222. The minimum absolute atomic E-state index is 0.0256. The van der Waals surface area contributed by atoms with Crippen LogP contribution in [-0.4, -0.2) is 30.9 Å². The Morgan fingerprint density at radius 1 is 1.23 bits per heavy atom. The van der Waals surface area contributed by atoms with Crippen molar-refractivity contribution in [2.24, 2.45) is 5.10 Å². The van der Waals surface area contributed by atoms with E-state index in [0.29, 0.717) is 20.3 Å². The molecule has 0 spiro atoms. The molecule has 0 aliphatic carbocycles. The lowest BCUT2D eigenvalue weighted by atomic mass is 10.1. The maximum atomic E-state index is 11.9. The summed E-state index contributed by atoms with van der Waals surface area (Å²) in [7, 11) is 1.45. The summed E-state index contributed by atoms with van der Waals surface area (Å²) in [5.41, 5.74) is 5.26. The number of benzene rings is 2. The van der Waals surface area contributed by atoms with E-state index < -0.39 is 0 Å². The molecule has 2 aromatic carbocycles. The van der Waals surface area contributed by atoms with Crippen molar-refractivity contribution in [2.75, 3.05) is 13.7 Å². The average molecular weight is 486 g/mol. The number of aromatic hydroxyl groups is 1. The van der Waals surface area contributed by atoms with E-state index in [1.165, 1.54) is 13.3 Å². The summed E-state index contributed by atoms with van der Waals surface area (Å²) in [6.07, 6.45) is 1.44. The molecule has 26 heavy (non-hydrogen) atoms. The van der Waals surface area contributed by atoms with Gasteiger partial charge in [0.15, 0.2) is 18.1 Å². The molecule has 0 unspecified atom stereocenters. The molecule has 138 valence electrons. The van der Waals surface area contributed by atoms with Crippen molar-refractivity contribution < 1.29 is 19.4 Å². The number of carbonyl (C=O) groups is 1. The van der Waals surface area contributed by atoms with Crippen molar-refractivity contribution in [3.63, 3.8) is 0 Å². The van der Waals surface area contributed by atoms with Crippen LogP contribution in [0.2, 0.25) is 0 Å². The number of aryl methyl sites for hydroxylation is 2. The first-order valence-corrected chi connectivity index (χ1v) is 9.19. The standard InChI is InChI=1S/C18H18Br2N2O4/c1-10-4-5-13(6-11(10)2)26-9-15(23)22-21-8-12-7-14(25-3)18(24)17(20)16(12)19/h4-8,24H,9H2,1-3H3,(H,22,23). The zero-order chi connectivity index (χ0) is 19.3. The summed E-state index contributed by atoms with van der Waals surface area (Å²) in [5.74, 6) is 0.496. The quantitative estimate of drug-likeness (QED) is 0.477. The van der Waals surface area contributed by atoms with Crippen molar-refractivity contribution in [2.45, 2.75) is 13.8 Å². The number of rotatable bonds is 6. The second-order valence-electron chi connectivity index (χ2n) is 5.47. The van der Waals surface area contributed by atoms with Crippen LogP contribution in [-0.2, 0) is 4.79 Å². The summed E-state index contributed by atoms with van der Waals surface area (Å²) < 4.78 is 11.5. The number of halogens is 2. The molecule has 2 rings (SSSR count). The summed E-state index contributed by atoms with van der Waals surface area (Å²) >= 11 is 6.60. The fourth-order valence-corrected chi connectivity index (χ4v) is 2.85. The van der Waals surface area contributed by atoms with Crippen LogP contribution < -0.4 is 14.9 Å². The maximum Gasteiger partial charge on any atom is 0.277 e. The Hall–Kier alpha value is -2.06. The Morgan fingerprint density at radius 3 is 2.62 bits per heavy atom. The Kier molecular flexibility index (Phi) is 7.05. The molecule has 0 aliphatic rings. The van der Waals surface area contributed by atoms with E-state index in [1.54, 1.807) is 6.07 Å². The highest BCUT2D eigenvalue weighted by molar-refractivity contribution is 9.13. The van der Waals surface area contributed by atoms with E-state index in [4.69, 9.17) is 9.47 Å². The van der Waals surface area contributed by atoms with Gasteiger partial charge in [-0.05, 0) is 75.0 Å². The number of amides is 1. The SMILES string of the molecule is COc1cc(C=NNC(=O)COc2ccc(C)c(C)c2)c(Br)c(Br)c1O. The Morgan fingerprint density at radius 2 is 1.96 bits per heavy atom. The van der Waals surface area contributed by atoms with E-state index in [2.05, 4.69) is 42.4 Å². The van der Waals surface area contributed by atoms with Crippen LogP contribution >= 0.6 is 31.9 Å². The zero-order valence-corrected chi connectivity index (χ0v) is 17.6. The summed E-state index contributed by atoms with van der Waals surface area (Å²) in [5, 5.41) is 13.8. The van der Waals surface area contributed by atoms with Gasteiger partial charge in [0.2, 0.25) is 0 Å². The molecule has 2 N–H and O–H groups in total. The normalized spacial score (nSPS) is 10.8. The van der Waals surface area contributed by atoms with Gasteiger partial charge in [-0.25, -0.2) is 5.43 Å². The molecule has 0 atom stereocenters. The molecule has 1 amide bonds. The van der Waals surface area contributed by atoms with Gasteiger partial charge in [0.05, 0.1) is 17.8 Å². The van der Waals surface area contributed by atoms with Gasteiger partial charge < -0.3 is 14.6 Å². The van der Waals surface area contributed by atoms with Gasteiger partial charge in [-0.1, -0.05) is 6.07 Å². The molecule has 0 fully saturated rings. The molecular formula is C18H18Br2N2O4. The molecular weight excluding hydrogens is 468 g/mol. The number of nitrogens with one attached hydrogen (secondary N) is 1. The fourth-order valence-electron chi connectivity index (χ4n) is 2.02. The number of hydrogen-bond donors (Lipinski definition) is 2. The van der Waals surface area contributed by atoms with E-state index in [9.17, 15) is 9.90 Å². The summed E-state index contributed by atoms with van der Waals surface area (Å²) in [6, 6.07) is 7.22. The van der Waals surface area contributed by atoms with Crippen LogP contribution in [0, 0.1) is 13.8 Å². The Balaban J connectivity index is 1.96. The molecule has 0 heterocycles. The van der Waals surface area contributed by atoms with Crippen molar-refractivity contribution in [3.8, 4) is 17.2 Å². The topological polar surface area (TPSA) is 80.2 Å². The van der Waals surface area contributed by atoms with E-state index >= 15 is 0 Å². The van der Waals surface area contributed by atoms with Gasteiger partial charge >= 0.3 is 0 Å². The van der Waals surface area contributed by atoms with Crippen LogP contribution in [0.15, 0.2) is 38.3 Å². The largest absolute Gasteiger partial charge is 0.503 e. The number of nitrogens with zero attached hydrogens (tertiary/aromatic N) is 1. The predicted molar refractivity (Wildman–Crippen MR) is 107 cm³/mol. The highest BCUT2D eigenvalue weighted by atomic mass is 79.9. The third-order valence-electron chi connectivity index (χ3n) is 3.64. The van der Waals surface area contributed by atoms with E-state index in [0.717, 1.165) is 11.1 Å². The number of phenolic OH excluding ortho intramolecular Hbond substituents is 1. The van der Waals surface area contributed by atoms with Gasteiger partial charge in [0.1, 0.15) is 5.75 Å². The lowest BCUT2D eigenvalue weighted by Gasteiger charge is -2.09. The molecule has 0 aromatic heterocycles. The van der Waals surface area contributed by atoms with Crippen molar-refractivity contribution >= 4 is 44.0 Å². The van der Waals surface area contributed by atoms with E-state index in [-0.39, 0.29) is 24.0 Å². The van der Waals surface area contributed by atoms with Crippen LogP contribution in [0.1, 0.15) is 16.7 Å². The number of hydrazone groups is 1. The minimum Gasteiger partial charge on any atom is -0.503 e. The highest BCUT2D eigenvalue weighted by Gasteiger charge is 2.13. The van der Waals surface area contributed by atoms with Gasteiger partial charge in [-0.15, -0.1) is 0 Å². The predicted octanol–water partition coefficient (Wildman–Crippen LogP) is 4.07. The Bertz CT molecular complexity index is 854. The third kappa shape index (κ3) is 4.98. The molecule has 0 bridgehead atoms. The molecule has 0 aliphatic heterocycles. The second-order valence-corrected chi connectivity index (χ2v) is 7.06. The van der Waals surface area contributed by atoms with E-state index in [1.807, 2.05) is 32.0 Å². The van der Waals surface area contributed by atoms with Gasteiger partial charge in [-0.2, -0.15) is 5.10 Å². The monoisotopic (exact) mass is 484 g/mol. The lowest BCUT2D eigenvalue weighted by molar-refractivity contribution is -0.123. The average Bonchev–Trinajstić information content (AvgIpc) is 2.62. The molecule has 8 heteroatoms. The Labute approximate surface area is 168 Å². The molecule has 0 saturated carbocycles. The molecule has 6 nitrogen and oxygen atoms in total. The number of methoxy groups -OCH3 is 1. The van der Waals surface area contributed by atoms with Crippen molar-refractivity contribution in [1.29, 1.82) is 0 Å². The first kappa shape index (κ1) is 20.3. The number of ether oxygens (including phenoxy) is 2. The number of phenols is 1. The maximum absolute atomic E-state index is 11.9. The van der Waals surface area contributed by atoms with Crippen LogP contribution in [0.3, 0.4) is 0 Å². The smallest absolute Gasteiger partial charge is 0.277 e. The van der Waals surface area contributed by atoms with Crippen LogP contribution in [0.4, 0.5) is 0 Å². The molecule has 2 aromatic rings. The van der Waals surface area contributed by atoms with Gasteiger partial charge in [-0.3, -0.25) is 4.79 Å². The van der Waals surface area contributed by atoms with Crippen molar-refractivity contribution in [3.05, 3.63) is 49.9 Å². The van der Waals surface area contributed by atoms with Crippen LogP contribution in [0.5, 0.6) is 17.2 Å². The van der Waals surface area contributed by atoms with Gasteiger partial charge in [0, 0.05) is 10.0 Å². The molecule has 0 saturated heterocycles. The number of hydrogen-bond acceptors (Lipinski definition) is 5. The first-order valence-electron chi connectivity index (χ1n) is 7.60. The number of carbonyl (C=O) groups excluding carboxylic acids is 1. The van der Waals surface area contributed by atoms with Crippen molar-refractivity contribution in [1.82, 2.24) is 5.43 Å². The molecule has 0 radical (unpaired) electrons. The summed E-state index contributed by atoms with van der Waals surface area (Å²) in [6.45, 7) is 3.84. The second kappa shape index (κ2) is 9.05. The summed E-state index contributed by atoms with van der Waals surface area (Å²) in [4.78, 5) is 11.9. The third-order valence-corrected chi connectivity index (χ3v) is 5.79. The first-order chi connectivity index (χ1) is 12.3. The van der Waals surface area contributed by atoms with Crippen LogP contribution in [0.25, 0.3) is 0 Å².